The van der Waals surface area contributed by atoms with E-state index in [1.54, 1.807) is 12.1 Å². The molecule has 2 unspecified atom stereocenters. The Morgan fingerprint density at radius 3 is 2.96 bits per heavy atom. The lowest BCUT2D eigenvalue weighted by Gasteiger charge is -2.33. The van der Waals surface area contributed by atoms with Gasteiger partial charge in [0.2, 0.25) is 0 Å². The molecule has 3 heterocycles. The van der Waals surface area contributed by atoms with Gasteiger partial charge in [0.25, 0.3) is 5.91 Å². The van der Waals surface area contributed by atoms with E-state index >= 15 is 0 Å². The van der Waals surface area contributed by atoms with Crippen molar-refractivity contribution >= 4 is 17.7 Å². The van der Waals surface area contributed by atoms with Crippen molar-refractivity contribution in [1.29, 1.82) is 0 Å². The number of carbonyl (C=O) groups excluding carboxylic acids is 3. The Balaban J connectivity index is 1.61. The maximum Gasteiger partial charge on any atom is 0.325 e. The summed E-state index contributed by atoms with van der Waals surface area (Å²) < 4.78 is 5.59. The van der Waals surface area contributed by atoms with Crippen LogP contribution in [0.1, 0.15) is 24.8 Å². The molecule has 2 saturated heterocycles. The lowest BCUT2D eigenvalue weighted by Crippen LogP contribution is -2.48. The highest BCUT2D eigenvalue weighted by Crippen LogP contribution is 2.40. The predicted octanol–water partition coefficient (Wildman–Crippen LogP) is 0.537. The Labute approximate surface area is 139 Å². The molecule has 0 radical (unpaired) electrons. The zero-order chi connectivity index (χ0) is 16.7. The first-order chi connectivity index (χ1) is 11.6. The summed E-state index contributed by atoms with van der Waals surface area (Å²) in [6, 6.07) is 6.44. The number of imide groups is 1. The highest BCUT2D eigenvalue weighted by Gasteiger charge is 2.55. The first-order valence-electron chi connectivity index (χ1n) is 8.24. The van der Waals surface area contributed by atoms with Crippen LogP contribution in [0.5, 0.6) is 5.75 Å². The monoisotopic (exact) mass is 329 g/mol. The number of Topliss-reactive ketones (excluding diaryl/α,β-unsaturated/α-hetero) is 1. The highest BCUT2D eigenvalue weighted by atomic mass is 16.5. The highest BCUT2D eigenvalue weighted by molar-refractivity contribution is 6.10. The van der Waals surface area contributed by atoms with Gasteiger partial charge in [0.05, 0.1) is 19.2 Å². The summed E-state index contributed by atoms with van der Waals surface area (Å²) >= 11 is 0. The summed E-state index contributed by atoms with van der Waals surface area (Å²) in [4.78, 5) is 38.8. The number of urea groups is 1. The molecular weight excluding hydrogens is 310 g/mol. The van der Waals surface area contributed by atoms with Crippen LogP contribution in [-0.2, 0) is 15.1 Å². The molecule has 7 nitrogen and oxygen atoms in total. The zero-order valence-electron chi connectivity index (χ0n) is 13.2. The van der Waals surface area contributed by atoms with Gasteiger partial charge in [-0.15, -0.1) is 0 Å². The topological polar surface area (TPSA) is 87.7 Å². The molecule has 1 aromatic rings. The van der Waals surface area contributed by atoms with E-state index in [9.17, 15) is 14.4 Å². The number of ketones is 1. The molecule has 3 aliphatic rings. The summed E-state index contributed by atoms with van der Waals surface area (Å²) in [7, 11) is 0. The van der Waals surface area contributed by atoms with Crippen molar-refractivity contribution in [3.8, 4) is 5.75 Å². The molecule has 3 aliphatic heterocycles. The number of carbonyl (C=O) groups is 3. The summed E-state index contributed by atoms with van der Waals surface area (Å²) in [6.45, 7) is 0.952. The van der Waals surface area contributed by atoms with Gasteiger partial charge in [-0.25, -0.2) is 4.79 Å². The van der Waals surface area contributed by atoms with Crippen molar-refractivity contribution in [1.82, 2.24) is 15.5 Å². The second-order valence-corrected chi connectivity index (χ2v) is 6.44. The number of rotatable bonds is 3. The minimum absolute atomic E-state index is 0.117. The molecule has 2 N–H and O–H groups in total. The normalized spacial score (nSPS) is 28.7. The fraction of sp³-hybridized carbons (Fsp3) is 0.471. The number of nitrogens with zero attached hydrogens (tertiary/aromatic N) is 1. The molecule has 1 spiro atoms. The van der Waals surface area contributed by atoms with Gasteiger partial charge in [-0.1, -0.05) is 18.2 Å². The number of benzene rings is 1. The molecule has 2 fully saturated rings. The molecule has 3 amide bonds. The van der Waals surface area contributed by atoms with Gasteiger partial charge in [0.1, 0.15) is 5.75 Å². The Morgan fingerprint density at radius 1 is 1.33 bits per heavy atom. The van der Waals surface area contributed by atoms with Gasteiger partial charge in [-0.2, -0.15) is 0 Å². The molecular formula is C17H19N3O4. The third-order valence-corrected chi connectivity index (χ3v) is 5.02. The summed E-state index contributed by atoms with van der Waals surface area (Å²) in [5.41, 5.74) is -0.460. The van der Waals surface area contributed by atoms with E-state index in [0.29, 0.717) is 24.3 Å². The summed E-state index contributed by atoms with van der Waals surface area (Å²) in [5, 5.41) is 5.91. The maximum atomic E-state index is 13.0. The van der Waals surface area contributed by atoms with E-state index in [0.717, 1.165) is 24.3 Å². The van der Waals surface area contributed by atoms with Crippen molar-refractivity contribution in [2.45, 2.75) is 30.8 Å². The van der Waals surface area contributed by atoms with E-state index in [1.165, 1.54) is 0 Å². The maximum absolute atomic E-state index is 13.0. The van der Waals surface area contributed by atoms with Gasteiger partial charge in [0, 0.05) is 12.0 Å². The Bertz CT molecular complexity index is 714. The van der Waals surface area contributed by atoms with Crippen LogP contribution in [0.3, 0.4) is 0 Å². The van der Waals surface area contributed by atoms with Crippen molar-refractivity contribution < 1.29 is 19.1 Å². The largest absolute Gasteiger partial charge is 0.493 e. The van der Waals surface area contributed by atoms with Gasteiger partial charge in [-0.05, 0) is 25.5 Å². The second-order valence-electron chi connectivity index (χ2n) is 6.44. The molecule has 2 atom stereocenters. The van der Waals surface area contributed by atoms with Crippen molar-refractivity contribution in [2.24, 2.45) is 0 Å². The first kappa shape index (κ1) is 15.1. The Hall–Kier alpha value is -2.41. The van der Waals surface area contributed by atoms with Crippen molar-refractivity contribution in [3.63, 3.8) is 0 Å². The van der Waals surface area contributed by atoms with Crippen molar-refractivity contribution in [2.75, 3.05) is 19.7 Å². The van der Waals surface area contributed by atoms with E-state index in [2.05, 4.69) is 10.6 Å². The third-order valence-electron chi connectivity index (χ3n) is 5.02. The number of para-hydroxylation sites is 1. The average molecular weight is 329 g/mol. The number of ether oxygens (including phenoxy) is 1. The fourth-order valence-corrected chi connectivity index (χ4v) is 3.74. The Kier molecular flexibility index (Phi) is 3.53. The molecule has 4 rings (SSSR count). The fourth-order valence-electron chi connectivity index (χ4n) is 3.74. The second kappa shape index (κ2) is 5.59. The van der Waals surface area contributed by atoms with Crippen LogP contribution < -0.4 is 15.4 Å². The van der Waals surface area contributed by atoms with E-state index in [1.807, 2.05) is 12.1 Å². The molecule has 0 aromatic heterocycles. The van der Waals surface area contributed by atoms with Crippen LogP contribution >= 0.6 is 0 Å². The molecule has 0 saturated carbocycles. The van der Waals surface area contributed by atoms with Gasteiger partial charge >= 0.3 is 6.03 Å². The zero-order valence-corrected chi connectivity index (χ0v) is 13.2. The number of nitrogens with one attached hydrogen (secondary N) is 2. The predicted molar refractivity (Wildman–Crippen MR) is 84.5 cm³/mol. The standard InChI is InChI=1S/C17H19N3O4/c21-13(12-5-3-8-18-12)10-20-15(22)17(19-16(20)23)7-9-24-14-6-2-1-4-11(14)17/h1-2,4,6,12,18H,3,5,7-10H2,(H,19,23). The van der Waals surface area contributed by atoms with E-state index < -0.39 is 11.6 Å². The van der Waals surface area contributed by atoms with Crippen LogP contribution in [0.2, 0.25) is 0 Å². The van der Waals surface area contributed by atoms with Crippen LogP contribution in [-0.4, -0.2) is 48.4 Å². The van der Waals surface area contributed by atoms with Gasteiger partial charge < -0.3 is 15.4 Å². The van der Waals surface area contributed by atoms with Gasteiger partial charge in [-0.3, -0.25) is 14.5 Å². The summed E-state index contributed by atoms with van der Waals surface area (Å²) in [6.07, 6.45) is 2.05. The lowest BCUT2D eigenvalue weighted by atomic mass is 9.84. The van der Waals surface area contributed by atoms with E-state index in [-0.39, 0.29) is 24.3 Å². The number of fused-ring (bicyclic) bond motifs is 2. The molecule has 0 bridgehead atoms. The number of hydrogen-bond donors (Lipinski definition) is 2. The Morgan fingerprint density at radius 2 is 2.17 bits per heavy atom. The molecule has 0 aliphatic carbocycles. The molecule has 126 valence electrons. The molecule has 7 heteroatoms. The molecule has 1 aromatic carbocycles. The third kappa shape index (κ3) is 2.19. The van der Waals surface area contributed by atoms with Crippen LogP contribution in [0.25, 0.3) is 0 Å². The number of hydrogen-bond acceptors (Lipinski definition) is 5. The number of amides is 3. The molecule has 24 heavy (non-hydrogen) atoms. The van der Waals surface area contributed by atoms with Crippen LogP contribution in [0.15, 0.2) is 24.3 Å². The minimum Gasteiger partial charge on any atom is -0.493 e. The van der Waals surface area contributed by atoms with Crippen LogP contribution in [0.4, 0.5) is 4.79 Å². The van der Waals surface area contributed by atoms with E-state index in [4.69, 9.17) is 4.74 Å². The first-order valence-corrected chi connectivity index (χ1v) is 8.24. The van der Waals surface area contributed by atoms with Crippen LogP contribution in [0, 0.1) is 0 Å². The lowest BCUT2D eigenvalue weighted by molar-refractivity contribution is -0.136. The van der Waals surface area contributed by atoms with Crippen molar-refractivity contribution in [3.05, 3.63) is 29.8 Å². The quantitative estimate of drug-likeness (QED) is 0.790. The van der Waals surface area contributed by atoms with Gasteiger partial charge in [0.15, 0.2) is 11.3 Å². The average Bonchev–Trinajstić information content (AvgIpc) is 3.20. The smallest absolute Gasteiger partial charge is 0.325 e. The minimum atomic E-state index is -1.12. The summed E-state index contributed by atoms with van der Waals surface area (Å²) in [5.74, 6) is 0.117. The SMILES string of the molecule is O=C(CN1C(=O)NC2(CCOc3ccccc32)C1=O)C1CCCN1.